The molecule has 1 aromatic rings. The molecule has 0 aliphatic carbocycles. The fourth-order valence-corrected chi connectivity index (χ4v) is 1.29. The van der Waals surface area contributed by atoms with E-state index in [0.29, 0.717) is 0 Å². The smallest absolute Gasteiger partial charge is 0.0864 e. The molecule has 0 heterocycles. The van der Waals surface area contributed by atoms with E-state index < -0.39 is 0 Å². The molecule has 0 spiro atoms. The van der Waals surface area contributed by atoms with Crippen molar-refractivity contribution in [2.24, 2.45) is 4.99 Å². The van der Waals surface area contributed by atoms with Crippen molar-refractivity contribution in [2.75, 3.05) is 12.4 Å². The van der Waals surface area contributed by atoms with Crippen molar-refractivity contribution in [1.82, 2.24) is 0 Å². The van der Waals surface area contributed by atoms with Gasteiger partial charge in [-0.25, -0.2) is 0 Å². The number of aliphatic imine (C=N–C) groups is 1. The molecule has 70 valence electrons. The number of nitrogens with one attached hydrogen (secondary N) is 1. The predicted molar refractivity (Wildman–Crippen MR) is 59.0 cm³/mol. The van der Waals surface area contributed by atoms with Crippen LogP contribution in [0.15, 0.2) is 17.1 Å². The van der Waals surface area contributed by atoms with E-state index in [1.165, 1.54) is 0 Å². The highest BCUT2D eigenvalue weighted by Crippen LogP contribution is 2.23. The van der Waals surface area contributed by atoms with Crippen molar-refractivity contribution in [3.63, 3.8) is 0 Å². The first-order valence-electron chi connectivity index (χ1n) is 4.09. The Morgan fingerprint density at radius 3 is 2.62 bits per heavy atom. The van der Waals surface area contributed by atoms with Gasteiger partial charge in [-0.3, -0.25) is 4.99 Å². The molecule has 0 bridgehead atoms. The summed E-state index contributed by atoms with van der Waals surface area (Å²) in [5, 5.41) is 3.88. The first-order valence-corrected chi connectivity index (χ1v) is 4.47. The van der Waals surface area contributed by atoms with Gasteiger partial charge in [0.25, 0.3) is 0 Å². The standard InChI is InChI=1S/C10H13ClN2/c1-7-5-10(13-6-12-3)8(2)4-9(7)11/h4-6H,1-3H3,(H,12,13). The molecule has 2 nitrogen and oxygen atoms in total. The molecule has 0 fully saturated rings. The molecular formula is C10H13ClN2. The minimum absolute atomic E-state index is 0.802. The second-order valence-corrected chi connectivity index (χ2v) is 3.36. The molecule has 0 saturated heterocycles. The number of nitrogens with zero attached hydrogens (tertiary/aromatic N) is 1. The van der Waals surface area contributed by atoms with Crippen LogP contribution in [0.4, 0.5) is 5.69 Å². The third-order valence-electron chi connectivity index (χ3n) is 1.85. The summed E-state index contributed by atoms with van der Waals surface area (Å²) < 4.78 is 0. The van der Waals surface area contributed by atoms with Crippen LogP contribution in [0.25, 0.3) is 0 Å². The van der Waals surface area contributed by atoms with E-state index in [1.807, 2.05) is 26.0 Å². The summed E-state index contributed by atoms with van der Waals surface area (Å²) in [7, 11) is 1.73. The van der Waals surface area contributed by atoms with Crippen molar-refractivity contribution in [3.8, 4) is 0 Å². The molecule has 0 aliphatic heterocycles. The molecule has 0 aromatic heterocycles. The van der Waals surface area contributed by atoms with Crippen LogP contribution >= 0.6 is 11.6 Å². The summed E-state index contributed by atoms with van der Waals surface area (Å²) >= 11 is 5.96. The molecule has 1 rings (SSSR count). The Morgan fingerprint density at radius 2 is 2.00 bits per heavy atom. The van der Waals surface area contributed by atoms with Crippen molar-refractivity contribution >= 4 is 23.6 Å². The molecule has 1 N–H and O–H groups in total. The van der Waals surface area contributed by atoms with Gasteiger partial charge in [-0.1, -0.05) is 11.6 Å². The Bertz CT molecular complexity index is 332. The highest BCUT2D eigenvalue weighted by molar-refractivity contribution is 6.31. The van der Waals surface area contributed by atoms with Crippen LogP contribution < -0.4 is 5.32 Å². The topological polar surface area (TPSA) is 24.4 Å². The first kappa shape index (κ1) is 10.1. The Balaban J connectivity index is 3.01. The number of hydrogen-bond acceptors (Lipinski definition) is 1. The van der Waals surface area contributed by atoms with E-state index in [-0.39, 0.29) is 0 Å². The molecule has 0 radical (unpaired) electrons. The van der Waals surface area contributed by atoms with E-state index >= 15 is 0 Å². The van der Waals surface area contributed by atoms with Crippen LogP contribution in [0.3, 0.4) is 0 Å². The minimum atomic E-state index is 0.802. The van der Waals surface area contributed by atoms with Crippen LogP contribution in [0, 0.1) is 13.8 Å². The van der Waals surface area contributed by atoms with Crippen LogP contribution in [0.2, 0.25) is 5.02 Å². The molecular weight excluding hydrogens is 184 g/mol. The van der Waals surface area contributed by atoms with Crippen LogP contribution in [-0.2, 0) is 0 Å². The number of benzene rings is 1. The van der Waals surface area contributed by atoms with E-state index in [4.69, 9.17) is 11.6 Å². The second-order valence-electron chi connectivity index (χ2n) is 2.95. The van der Waals surface area contributed by atoms with Gasteiger partial charge >= 0.3 is 0 Å². The van der Waals surface area contributed by atoms with Gasteiger partial charge in [-0.05, 0) is 37.1 Å². The normalized spacial score (nSPS) is 10.8. The Labute approximate surface area is 83.6 Å². The lowest BCUT2D eigenvalue weighted by molar-refractivity contribution is 1.38. The van der Waals surface area contributed by atoms with Crippen LogP contribution in [-0.4, -0.2) is 13.4 Å². The zero-order valence-electron chi connectivity index (χ0n) is 8.06. The summed E-state index contributed by atoms with van der Waals surface area (Å²) in [6.07, 6.45) is 1.66. The lowest BCUT2D eigenvalue weighted by atomic mass is 10.1. The largest absolute Gasteiger partial charge is 0.347 e. The third kappa shape index (κ3) is 2.46. The molecule has 0 aliphatic rings. The van der Waals surface area contributed by atoms with Crippen molar-refractivity contribution in [1.29, 1.82) is 0 Å². The molecule has 3 heteroatoms. The minimum Gasteiger partial charge on any atom is -0.347 e. The van der Waals surface area contributed by atoms with E-state index in [1.54, 1.807) is 13.4 Å². The fourth-order valence-electron chi connectivity index (χ4n) is 1.07. The molecule has 13 heavy (non-hydrogen) atoms. The second kappa shape index (κ2) is 4.28. The number of halogens is 1. The maximum absolute atomic E-state index is 5.96. The highest BCUT2D eigenvalue weighted by Gasteiger charge is 2.00. The number of aryl methyl sites for hydroxylation is 2. The highest BCUT2D eigenvalue weighted by atomic mass is 35.5. The molecule has 0 amide bonds. The van der Waals surface area contributed by atoms with Gasteiger partial charge in [-0.2, -0.15) is 0 Å². The quantitative estimate of drug-likeness (QED) is 0.571. The van der Waals surface area contributed by atoms with Crippen LogP contribution in [0.1, 0.15) is 11.1 Å². The number of hydrogen-bond donors (Lipinski definition) is 1. The monoisotopic (exact) mass is 196 g/mol. The number of anilines is 1. The van der Waals surface area contributed by atoms with Crippen molar-refractivity contribution in [2.45, 2.75) is 13.8 Å². The Hall–Kier alpha value is -1.02. The predicted octanol–water partition coefficient (Wildman–Crippen LogP) is 3.03. The van der Waals surface area contributed by atoms with Gasteiger partial charge < -0.3 is 5.32 Å². The molecule has 0 saturated carbocycles. The summed E-state index contributed by atoms with van der Waals surface area (Å²) in [6.45, 7) is 3.99. The van der Waals surface area contributed by atoms with E-state index in [9.17, 15) is 0 Å². The summed E-state index contributed by atoms with van der Waals surface area (Å²) in [5.41, 5.74) is 3.24. The Morgan fingerprint density at radius 1 is 1.31 bits per heavy atom. The van der Waals surface area contributed by atoms with Gasteiger partial charge in [0.2, 0.25) is 0 Å². The average molecular weight is 197 g/mol. The molecule has 0 atom stereocenters. The third-order valence-corrected chi connectivity index (χ3v) is 2.26. The van der Waals surface area contributed by atoms with Crippen LogP contribution in [0.5, 0.6) is 0 Å². The Kier molecular flexibility index (Phi) is 3.32. The summed E-state index contributed by atoms with van der Waals surface area (Å²) in [6, 6.07) is 3.96. The van der Waals surface area contributed by atoms with Crippen molar-refractivity contribution in [3.05, 3.63) is 28.3 Å². The first-order chi connectivity index (χ1) is 6.15. The van der Waals surface area contributed by atoms with Gasteiger partial charge in [-0.15, -0.1) is 0 Å². The summed E-state index contributed by atoms with van der Waals surface area (Å²) in [5.74, 6) is 0. The van der Waals surface area contributed by atoms with Gasteiger partial charge in [0.15, 0.2) is 0 Å². The van der Waals surface area contributed by atoms with Gasteiger partial charge in [0.1, 0.15) is 0 Å². The zero-order valence-corrected chi connectivity index (χ0v) is 8.81. The molecule has 1 aromatic carbocycles. The SMILES string of the molecule is CN=CNc1cc(C)c(Cl)cc1C. The van der Waals surface area contributed by atoms with E-state index in [2.05, 4.69) is 10.3 Å². The fraction of sp³-hybridized carbons (Fsp3) is 0.300. The van der Waals surface area contributed by atoms with Crippen molar-refractivity contribution < 1.29 is 0 Å². The lowest BCUT2D eigenvalue weighted by Gasteiger charge is -2.07. The lowest BCUT2D eigenvalue weighted by Crippen LogP contribution is -1.97. The van der Waals surface area contributed by atoms with Gasteiger partial charge in [0.05, 0.1) is 6.34 Å². The number of rotatable bonds is 2. The maximum atomic E-state index is 5.96. The molecule has 0 unspecified atom stereocenters. The average Bonchev–Trinajstić information content (AvgIpc) is 2.09. The van der Waals surface area contributed by atoms with E-state index in [0.717, 1.165) is 21.8 Å². The zero-order chi connectivity index (χ0) is 9.84. The van der Waals surface area contributed by atoms with Gasteiger partial charge in [0, 0.05) is 17.8 Å². The summed E-state index contributed by atoms with van der Waals surface area (Å²) in [4.78, 5) is 3.86. The maximum Gasteiger partial charge on any atom is 0.0864 e.